The van der Waals surface area contributed by atoms with Crippen molar-refractivity contribution in [2.45, 2.75) is 17.7 Å². The number of benzene rings is 1. The number of Topliss-reactive ketones (excluding diaryl/α,β-unsaturated/α-hetero) is 1. The van der Waals surface area contributed by atoms with E-state index >= 15 is 0 Å². The Balaban J connectivity index is 1.36. The topological polar surface area (TPSA) is 79.8 Å². The second kappa shape index (κ2) is 10.8. The number of pyridine rings is 1. The molecule has 7 nitrogen and oxygen atoms in total. The molecule has 1 saturated heterocycles. The van der Waals surface area contributed by atoms with Crippen molar-refractivity contribution in [3.63, 3.8) is 0 Å². The summed E-state index contributed by atoms with van der Waals surface area (Å²) in [6.07, 6.45) is 3.74. The second-order valence-electron chi connectivity index (χ2n) is 6.87. The summed E-state index contributed by atoms with van der Waals surface area (Å²) < 4.78 is 5.08. The summed E-state index contributed by atoms with van der Waals surface area (Å²) in [5, 5.41) is 0. The molecule has 0 unspecified atom stereocenters. The number of rotatable bonds is 8. The van der Waals surface area contributed by atoms with Gasteiger partial charge in [0, 0.05) is 49.3 Å². The number of anilines is 1. The summed E-state index contributed by atoms with van der Waals surface area (Å²) in [6, 6.07) is 13.0. The second-order valence-corrected chi connectivity index (χ2v) is 7.75. The lowest BCUT2D eigenvalue weighted by Gasteiger charge is -2.35. The molecule has 1 aromatic carbocycles. The Bertz CT molecular complexity index is 866. The average molecular weight is 428 g/mol. The van der Waals surface area contributed by atoms with Gasteiger partial charge in [-0.1, -0.05) is 18.2 Å². The Morgan fingerprint density at radius 3 is 2.37 bits per heavy atom. The quantitative estimate of drug-likeness (QED) is 0.364. The van der Waals surface area contributed by atoms with Crippen molar-refractivity contribution >= 4 is 35.2 Å². The van der Waals surface area contributed by atoms with Gasteiger partial charge in [0.15, 0.2) is 12.4 Å². The molecule has 30 heavy (non-hydrogen) atoms. The molecule has 1 aromatic heterocycles. The average Bonchev–Trinajstić information content (AvgIpc) is 2.81. The highest BCUT2D eigenvalue weighted by atomic mass is 32.2. The van der Waals surface area contributed by atoms with Gasteiger partial charge in [0.2, 0.25) is 0 Å². The van der Waals surface area contributed by atoms with E-state index in [0.717, 1.165) is 10.7 Å². The molecule has 2 aromatic rings. The molecule has 1 aliphatic rings. The maximum Gasteiger partial charge on any atom is 0.306 e. The minimum atomic E-state index is -0.537. The van der Waals surface area contributed by atoms with Crippen molar-refractivity contribution in [2.24, 2.45) is 0 Å². The zero-order valence-electron chi connectivity index (χ0n) is 17.0. The van der Waals surface area contributed by atoms with E-state index in [4.69, 9.17) is 4.74 Å². The van der Waals surface area contributed by atoms with E-state index in [9.17, 15) is 14.4 Å². The molecule has 0 N–H and O–H groups in total. The molecule has 0 saturated carbocycles. The lowest BCUT2D eigenvalue weighted by Crippen LogP contribution is -2.50. The van der Waals surface area contributed by atoms with E-state index in [1.165, 1.54) is 0 Å². The van der Waals surface area contributed by atoms with Gasteiger partial charge in [0.25, 0.3) is 5.91 Å². The Morgan fingerprint density at radius 2 is 1.73 bits per heavy atom. The molecule has 3 rings (SSSR count). The van der Waals surface area contributed by atoms with Crippen molar-refractivity contribution < 1.29 is 19.1 Å². The van der Waals surface area contributed by atoms with E-state index in [-0.39, 0.29) is 31.1 Å². The molecule has 0 spiro atoms. The first-order valence-corrected chi connectivity index (χ1v) is 11.1. The van der Waals surface area contributed by atoms with Crippen molar-refractivity contribution in [3.8, 4) is 0 Å². The molecular formula is C22H25N3O4S. The number of thioether (sulfide) groups is 1. The molecule has 1 amide bonds. The Hall–Kier alpha value is -2.87. The van der Waals surface area contributed by atoms with Crippen LogP contribution >= 0.6 is 11.8 Å². The van der Waals surface area contributed by atoms with Crippen LogP contribution in [0, 0.1) is 0 Å². The third-order valence-corrected chi connectivity index (χ3v) is 5.67. The molecule has 0 radical (unpaired) electrons. The van der Waals surface area contributed by atoms with E-state index in [1.807, 2.05) is 36.6 Å². The molecule has 0 bridgehead atoms. The molecule has 0 atom stereocenters. The highest BCUT2D eigenvalue weighted by molar-refractivity contribution is 7.98. The van der Waals surface area contributed by atoms with Crippen LogP contribution < -0.4 is 4.90 Å². The Morgan fingerprint density at radius 1 is 1.00 bits per heavy atom. The third kappa shape index (κ3) is 6.06. The Labute approximate surface area is 180 Å². The minimum Gasteiger partial charge on any atom is -0.456 e. The minimum absolute atomic E-state index is 0.0379. The smallest absolute Gasteiger partial charge is 0.306 e. The lowest BCUT2D eigenvalue weighted by atomic mass is 10.1. The fourth-order valence-corrected chi connectivity index (χ4v) is 3.58. The van der Waals surface area contributed by atoms with Crippen molar-refractivity contribution in [1.29, 1.82) is 0 Å². The first-order chi connectivity index (χ1) is 14.6. The van der Waals surface area contributed by atoms with Crippen LogP contribution in [0.1, 0.15) is 23.2 Å². The van der Waals surface area contributed by atoms with Crippen LogP contribution in [0.15, 0.2) is 53.6 Å². The van der Waals surface area contributed by atoms with E-state index in [0.29, 0.717) is 31.7 Å². The SMILES string of the molecule is CSc1ccc(C(=O)CCC(=O)OCC(=O)N2CCN(c3ccccn3)CC2)cc1. The first-order valence-electron chi connectivity index (χ1n) is 9.83. The first kappa shape index (κ1) is 21.8. The predicted molar refractivity (Wildman–Crippen MR) is 116 cm³/mol. The maximum absolute atomic E-state index is 12.3. The van der Waals surface area contributed by atoms with Gasteiger partial charge in [-0.25, -0.2) is 4.98 Å². The van der Waals surface area contributed by atoms with Gasteiger partial charge in [-0.05, 0) is 30.5 Å². The number of hydrogen-bond acceptors (Lipinski definition) is 7. The third-order valence-electron chi connectivity index (χ3n) is 4.93. The van der Waals surface area contributed by atoms with E-state index in [1.54, 1.807) is 35.0 Å². The maximum atomic E-state index is 12.3. The highest BCUT2D eigenvalue weighted by Gasteiger charge is 2.22. The van der Waals surface area contributed by atoms with Gasteiger partial charge in [-0.3, -0.25) is 14.4 Å². The van der Waals surface area contributed by atoms with Gasteiger partial charge in [-0.2, -0.15) is 0 Å². The number of nitrogens with zero attached hydrogens (tertiary/aromatic N) is 3. The summed E-state index contributed by atoms with van der Waals surface area (Å²) >= 11 is 1.60. The molecule has 8 heteroatoms. The van der Waals surface area contributed by atoms with E-state index < -0.39 is 5.97 Å². The number of piperazine rings is 1. The summed E-state index contributed by atoms with van der Waals surface area (Å²) in [7, 11) is 0. The normalized spacial score (nSPS) is 13.8. The number of esters is 1. The molecule has 1 fully saturated rings. The zero-order chi connectivity index (χ0) is 21.3. The monoisotopic (exact) mass is 427 g/mol. The van der Waals surface area contributed by atoms with Crippen LogP contribution in [0.25, 0.3) is 0 Å². The van der Waals surface area contributed by atoms with Crippen molar-refractivity contribution in [1.82, 2.24) is 9.88 Å². The van der Waals surface area contributed by atoms with Gasteiger partial charge in [0.05, 0.1) is 6.42 Å². The number of amides is 1. The molecule has 2 heterocycles. The van der Waals surface area contributed by atoms with Crippen LogP contribution in [0.3, 0.4) is 0 Å². The van der Waals surface area contributed by atoms with Crippen molar-refractivity contribution in [3.05, 3.63) is 54.2 Å². The number of ketones is 1. The summed E-state index contributed by atoms with van der Waals surface area (Å²) in [5.74, 6) is 0.0212. The fraction of sp³-hybridized carbons (Fsp3) is 0.364. The van der Waals surface area contributed by atoms with Crippen LogP contribution in [0.5, 0.6) is 0 Å². The van der Waals surface area contributed by atoms with Gasteiger partial charge in [0.1, 0.15) is 5.82 Å². The van der Waals surface area contributed by atoms with Crippen LogP contribution in [0.2, 0.25) is 0 Å². The number of carbonyl (C=O) groups excluding carboxylic acids is 3. The van der Waals surface area contributed by atoms with Gasteiger partial charge >= 0.3 is 5.97 Å². The molecule has 1 aliphatic heterocycles. The highest BCUT2D eigenvalue weighted by Crippen LogP contribution is 2.16. The molecular weight excluding hydrogens is 402 g/mol. The Kier molecular flexibility index (Phi) is 7.84. The molecule has 158 valence electrons. The molecule has 0 aliphatic carbocycles. The fourth-order valence-electron chi connectivity index (χ4n) is 3.17. The van der Waals surface area contributed by atoms with Crippen molar-refractivity contribution in [2.75, 3.05) is 43.9 Å². The van der Waals surface area contributed by atoms with Gasteiger partial charge in [-0.15, -0.1) is 11.8 Å². The van der Waals surface area contributed by atoms with Crippen LogP contribution in [-0.4, -0.2) is 66.6 Å². The number of aromatic nitrogens is 1. The lowest BCUT2D eigenvalue weighted by molar-refractivity contribution is -0.152. The standard InChI is InChI=1S/C22H25N3O4S/c1-30-18-7-5-17(6-8-18)19(26)9-10-22(28)29-16-21(27)25-14-12-24(13-15-25)20-4-2-3-11-23-20/h2-8,11H,9-10,12-16H2,1H3. The van der Waals surface area contributed by atoms with E-state index in [2.05, 4.69) is 9.88 Å². The number of carbonyl (C=O) groups is 3. The van der Waals surface area contributed by atoms with Crippen LogP contribution in [0.4, 0.5) is 5.82 Å². The predicted octanol–water partition coefficient (Wildman–Crippen LogP) is 2.66. The van der Waals surface area contributed by atoms with Crippen LogP contribution in [-0.2, 0) is 14.3 Å². The summed E-state index contributed by atoms with van der Waals surface area (Å²) in [4.78, 5) is 45.6. The van der Waals surface area contributed by atoms with Gasteiger partial charge < -0.3 is 14.5 Å². The number of ether oxygens (including phenoxy) is 1. The number of hydrogen-bond donors (Lipinski definition) is 0. The zero-order valence-corrected chi connectivity index (χ0v) is 17.8. The largest absolute Gasteiger partial charge is 0.456 e. The summed E-state index contributed by atoms with van der Waals surface area (Å²) in [6.45, 7) is 2.18. The summed E-state index contributed by atoms with van der Waals surface area (Å²) in [5.41, 5.74) is 0.572.